The Labute approximate surface area is 135 Å². The van der Waals surface area contributed by atoms with Crippen LogP contribution >= 0.6 is 0 Å². The molecule has 1 aliphatic heterocycles. The maximum atomic E-state index is 13.1. The van der Waals surface area contributed by atoms with E-state index < -0.39 is 0 Å². The van der Waals surface area contributed by atoms with Crippen molar-refractivity contribution in [1.82, 2.24) is 14.7 Å². The molecule has 0 radical (unpaired) electrons. The zero-order valence-corrected chi connectivity index (χ0v) is 13.8. The molecule has 1 atom stereocenters. The molecule has 0 bridgehead atoms. The van der Waals surface area contributed by atoms with Gasteiger partial charge in [0.15, 0.2) is 0 Å². The summed E-state index contributed by atoms with van der Waals surface area (Å²) in [5.41, 5.74) is 3.98. The maximum Gasteiger partial charge on any atom is 0.227 e. The summed E-state index contributed by atoms with van der Waals surface area (Å²) >= 11 is 0. The van der Waals surface area contributed by atoms with E-state index in [9.17, 15) is 9.18 Å². The summed E-state index contributed by atoms with van der Waals surface area (Å²) in [5, 5.41) is 4.38. The third kappa shape index (κ3) is 3.00. The van der Waals surface area contributed by atoms with E-state index in [0.29, 0.717) is 6.42 Å². The predicted octanol–water partition coefficient (Wildman–Crippen LogP) is 3.08. The molecule has 2 aromatic rings. The van der Waals surface area contributed by atoms with Crippen LogP contribution in [0, 0.1) is 19.7 Å². The minimum absolute atomic E-state index is 0.0559. The van der Waals surface area contributed by atoms with Crippen molar-refractivity contribution in [3.63, 3.8) is 0 Å². The Hall–Kier alpha value is -2.17. The van der Waals surface area contributed by atoms with Gasteiger partial charge in [0.05, 0.1) is 18.2 Å². The lowest BCUT2D eigenvalue weighted by Crippen LogP contribution is -2.32. The first-order valence-electron chi connectivity index (χ1n) is 8.01. The van der Waals surface area contributed by atoms with Gasteiger partial charge in [-0.15, -0.1) is 0 Å². The zero-order valence-electron chi connectivity index (χ0n) is 13.8. The third-order valence-electron chi connectivity index (χ3n) is 4.81. The standard InChI is InChI=1S/C18H22FN3O/c1-12-16(13(2)21(3)20-12)11-18(23)22-10-4-5-17(22)14-6-8-15(19)9-7-14/h6-9,17H,4-5,10-11H2,1-3H3. The molecular formula is C18H22FN3O. The lowest BCUT2D eigenvalue weighted by Gasteiger charge is -2.25. The predicted molar refractivity (Wildman–Crippen MR) is 86.5 cm³/mol. The van der Waals surface area contributed by atoms with Crippen LogP contribution in [0.3, 0.4) is 0 Å². The molecule has 1 aromatic carbocycles. The van der Waals surface area contributed by atoms with Crippen LogP contribution in [-0.4, -0.2) is 27.1 Å². The summed E-state index contributed by atoms with van der Waals surface area (Å²) in [6.07, 6.45) is 2.30. The molecule has 122 valence electrons. The fourth-order valence-electron chi connectivity index (χ4n) is 3.42. The number of benzene rings is 1. The summed E-state index contributed by atoms with van der Waals surface area (Å²) < 4.78 is 14.9. The van der Waals surface area contributed by atoms with E-state index in [1.165, 1.54) is 12.1 Å². The van der Waals surface area contributed by atoms with Gasteiger partial charge in [-0.25, -0.2) is 4.39 Å². The summed E-state index contributed by atoms with van der Waals surface area (Å²) in [4.78, 5) is 14.7. The molecule has 1 aliphatic rings. The molecule has 0 spiro atoms. The topological polar surface area (TPSA) is 38.1 Å². The van der Waals surface area contributed by atoms with Gasteiger partial charge < -0.3 is 4.90 Å². The number of amides is 1. The van der Waals surface area contributed by atoms with E-state index in [4.69, 9.17) is 0 Å². The molecule has 1 aromatic heterocycles. The molecule has 0 N–H and O–H groups in total. The molecule has 3 rings (SSSR count). The van der Waals surface area contributed by atoms with Gasteiger partial charge in [0.2, 0.25) is 5.91 Å². The lowest BCUT2D eigenvalue weighted by atomic mass is 10.0. The van der Waals surface area contributed by atoms with Crippen LogP contribution in [0.15, 0.2) is 24.3 Å². The largest absolute Gasteiger partial charge is 0.335 e. The lowest BCUT2D eigenvalue weighted by molar-refractivity contribution is -0.131. The Morgan fingerprint density at radius 1 is 1.30 bits per heavy atom. The van der Waals surface area contributed by atoms with Gasteiger partial charge in [0.25, 0.3) is 0 Å². The average Bonchev–Trinajstić information content (AvgIpc) is 3.09. The molecule has 1 unspecified atom stereocenters. The molecule has 1 saturated heterocycles. The van der Waals surface area contributed by atoms with Crippen molar-refractivity contribution in [3.05, 3.63) is 52.6 Å². The van der Waals surface area contributed by atoms with Crippen molar-refractivity contribution in [2.75, 3.05) is 6.54 Å². The van der Waals surface area contributed by atoms with Crippen LogP contribution in [-0.2, 0) is 18.3 Å². The van der Waals surface area contributed by atoms with Crippen molar-refractivity contribution in [1.29, 1.82) is 0 Å². The quantitative estimate of drug-likeness (QED) is 0.873. The second kappa shape index (κ2) is 6.14. The van der Waals surface area contributed by atoms with Gasteiger partial charge in [-0.2, -0.15) is 5.10 Å². The fourth-order valence-corrected chi connectivity index (χ4v) is 3.42. The monoisotopic (exact) mass is 315 g/mol. The first kappa shape index (κ1) is 15.7. The molecular weight excluding hydrogens is 293 g/mol. The van der Waals surface area contributed by atoms with Gasteiger partial charge >= 0.3 is 0 Å². The Kier molecular flexibility index (Phi) is 4.20. The second-order valence-electron chi connectivity index (χ2n) is 6.25. The van der Waals surface area contributed by atoms with Crippen LogP contribution < -0.4 is 0 Å². The number of nitrogens with zero attached hydrogens (tertiary/aromatic N) is 3. The molecule has 4 nitrogen and oxygen atoms in total. The number of carbonyl (C=O) groups excluding carboxylic acids is 1. The zero-order chi connectivity index (χ0) is 16.6. The molecule has 1 amide bonds. The Morgan fingerprint density at radius 3 is 2.61 bits per heavy atom. The van der Waals surface area contributed by atoms with Crippen LogP contribution in [0.4, 0.5) is 4.39 Å². The van der Waals surface area contributed by atoms with E-state index in [0.717, 1.165) is 41.9 Å². The van der Waals surface area contributed by atoms with E-state index in [2.05, 4.69) is 5.10 Å². The van der Waals surface area contributed by atoms with Crippen molar-refractivity contribution < 1.29 is 9.18 Å². The van der Waals surface area contributed by atoms with Crippen LogP contribution in [0.25, 0.3) is 0 Å². The number of rotatable bonds is 3. The summed E-state index contributed by atoms with van der Waals surface area (Å²) in [7, 11) is 1.90. The maximum absolute atomic E-state index is 13.1. The molecule has 23 heavy (non-hydrogen) atoms. The molecule has 5 heteroatoms. The van der Waals surface area contributed by atoms with E-state index in [-0.39, 0.29) is 17.8 Å². The van der Waals surface area contributed by atoms with Crippen molar-refractivity contribution in [2.24, 2.45) is 7.05 Å². The number of aryl methyl sites for hydroxylation is 2. The van der Waals surface area contributed by atoms with E-state index in [1.807, 2.05) is 30.5 Å². The average molecular weight is 315 g/mol. The third-order valence-corrected chi connectivity index (χ3v) is 4.81. The van der Waals surface area contributed by atoms with Gasteiger partial charge in [-0.1, -0.05) is 12.1 Å². The van der Waals surface area contributed by atoms with Crippen LogP contribution in [0.5, 0.6) is 0 Å². The highest BCUT2D eigenvalue weighted by Crippen LogP contribution is 2.32. The Morgan fingerprint density at radius 2 is 2.00 bits per heavy atom. The van der Waals surface area contributed by atoms with Crippen molar-refractivity contribution in [2.45, 2.75) is 39.2 Å². The van der Waals surface area contributed by atoms with Crippen molar-refractivity contribution in [3.8, 4) is 0 Å². The van der Waals surface area contributed by atoms with Gasteiger partial charge in [0, 0.05) is 24.8 Å². The number of aromatic nitrogens is 2. The second-order valence-corrected chi connectivity index (χ2v) is 6.25. The summed E-state index contributed by atoms with van der Waals surface area (Å²) in [6, 6.07) is 6.55. The van der Waals surface area contributed by atoms with Crippen molar-refractivity contribution >= 4 is 5.91 Å². The van der Waals surface area contributed by atoms with Gasteiger partial charge in [-0.3, -0.25) is 9.48 Å². The van der Waals surface area contributed by atoms with Gasteiger partial charge in [-0.05, 0) is 44.4 Å². The molecule has 0 aliphatic carbocycles. The number of hydrogen-bond acceptors (Lipinski definition) is 2. The SMILES string of the molecule is Cc1nn(C)c(C)c1CC(=O)N1CCCC1c1ccc(F)cc1. The summed E-state index contributed by atoms with van der Waals surface area (Å²) in [6.45, 7) is 4.69. The molecule has 1 fully saturated rings. The first-order valence-corrected chi connectivity index (χ1v) is 8.01. The highest BCUT2D eigenvalue weighted by atomic mass is 19.1. The van der Waals surface area contributed by atoms with Gasteiger partial charge in [0.1, 0.15) is 5.82 Å². The number of halogens is 1. The van der Waals surface area contributed by atoms with E-state index in [1.54, 1.807) is 12.1 Å². The fraction of sp³-hybridized carbons (Fsp3) is 0.444. The molecule has 2 heterocycles. The number of hydrogen-bond donors (Lipinski definition) is 0. The number of likely N-dealkylation sites (tertiary alicyclic amines) is 1. The minimum atomic E-state index is -0.244. The van der Waals surface area contributed by atoms with E-state index >= 15 is 0 Å². The minimum Gasteiger partial charge on any atom is -0.335 e. The normalized spacial score (nSPS) is 17.7. The highest BCUT2D eigenvalue weighted by molar-refractivity contribution is 5.80. The number of carbonyl (C=O) groups is 1. The van der Waals surface area contributed by atoms with Crippen LogP contribution in [0.1, 0.15) is 41.4 Å². The highest BCUT2D eigenvalue weighted by Gasteiger charge is 2.30. The first-order chi connectivity index (χ1) is 11.0. The Bertz CT molecular complexity index is 721. The molecule has 0 saturated carbocycles. The Balaban J connectivity index is 1.79. The summed E-state index contributed by atoms with van der Waals surface area (Å²) in [5.74, 6) is -0.123. The smallest absolute Gasteiger partial charge is 0.227 e. The van der Waals surface area contributed by atoms with Crippen LogP contribution in [0.2, 0.25) is 0 Å².